The zero-order valence-corrected chi connectivity index (χ0v) is 11.6. The van der Waals surface area contributed by atoms with Crippen molar-refractivity contribution in [3.05, 3.63) is 59.1 Å². The summed E-state index contributed by atoms with van der Waals surface area (Å²) in [5, 5.41) is 0.515. The second-order valence-electron chi connectivity index (χ2n) is 4.69. The minimum absolute atomic E-state index is 0.274. The highest BCUT2D eigenvalue weighted by Gasteiger charge is 2.18. The first-order valence-electron chi connectivity index (χ1n) is 6.26. The molecule has 3 rings (SSSR count). The Labute approximate surface area is 120 Å². The van der Waals surface area contributed by atoms with E-state index in [9.17, 15) is 4.39 Å². The van der Waals surface area contributed by atoms with E-state index in [0.717, 1.165) is 5.69 Å². The number of fused-ring (bicyclic) bond motifs is 1. The van der Waals surface area contributed by atoms with Crippen LogP contribution in [0.5, 0.6) is 0 Å². The van der Waals surface area contributed by atoms with Crippen LogP contribution < -0.4 is 5.73 Å². The largest absolute Gasteiger partial charge is 0.323 e. The van der Waals surface area contributed by atoms with Crippen LogP contribution in [0.2, 0.25) is 5.15 Å². The van der Waals surface area contributed by atoms with E-state index in [1.165, 1.54) is 12.1 Å². The smallest absolute Gasteiger partial charge is 0.138 e. The fraction of sp³-hybridized carbons (Fsp3) is 0.133. The van der Waals surface area contributed by atoms with Crippen molar-refractivity contribution >= 4 is 17.2 Å². The lowest BCUT2D eigenvalue weighted by atomic mass is 10.1. The first-order valence-corrected chi connectivity index (χ1v) is 6.64. The summed E-state index contributed by atoms with van der Waals surface area (Å²) in [6.07, 6.45) is 0. The molecule has 3 nitrogen and oxygen atoms in total. The third-order valence-corrected chi connectivity index (χ3v) is 3.45. The average Bonchev–Trinajstić information content (AvgIpc) is 2.80. The number of rotatable bonds is 2. The van der Waals surface area contributed by atoms with Gasteiger partial charge in [-0.3, -0.25) is 4.40 Å². The van der Waals surface area contributed by atoms with E-state index < -0.39 is 0 Å². The number of nitrogens with zero attached hydrogens (tertiary/aromatic N) is 2. The van der Waals surface area contributed by atoms with Crippen LogP contribution in [0.15, 0.2) is 42.5 Å². The molecule has 3 aromatic rings. The van der Waals surface area contributed by atoms with Gasteiger partial charge in [-0.25, -0.2) is 9.37 Å². The van der Waals surface area contributed by atoms with Crippen LogP contribution in [0.25, 0.3) is 16.9 Å². The van der Waals surface area contributed by atoms with Crippen molar-refractivity contribution in [1.29, 1.82) is 0 Å². The van der Waals surface area contributed by atoms with Crippen LogP contribution in [0, 0.1) is 5.82 Å². The summed E-state index contributed by atoms with van der Waals surface area (Å²) < 4.78 is 15.3. The number of hydrogen-bond donors (Lipinski definition) is 1. The minimum Gasteiger partial charge on any atom is -0.323 e. The van der Waals surface area contributed by atoms with Gasteiger partial charge < -0.3 is 5.73 Å². The molecule has 0 radical (unpaired) electrons. The van der Waals surface area contributed by atoms with E-state index in [4.69, 9.17) is 17.3 Å². The topological polar surface area (TPSA) is 43.3 Å². The van der Waals surface area contributed by atoms with Crippen LogP contribution in [0.3, 0.4) is 0 Å². The molecular weight excluding hydrogens is 277 g/mol. The lowest BCUT2D eigenvalue weighted by Crippen LogP contribution is -2.07. The van der Waals surface area contributed by atoms with E-state index >= 15 is 0 Å². The van der Waals surface area contributed by atoms with Gasteiger partial charge in [0.05, 0.1) is 11.4 Å². The summed E-state index contributed by atoms with van der Waals surface area (Å²) >= 11 is 6.26. The number of nitrogens with two attached hydrogens (primary N) is 1. The van der Waals surface area contributed by atoms with Crippen molar-refractivity contribution in [2.75, 3.05) is 0 Å². The third-order valence-electron chi connectivity index (χ3n) is 3.15. The van der Waals surface area contributed by atoms with Crippen molar-refractivity contribution in [2.24, 2.45) is 5.73 Å². The van der Waals surface area contributed by atoms with Gasteiger partial charge in [-0.2, -0.15) is 0 Å². The first-order chi connectivity index (χ1) is 9.58. The zero-order valence-electron chi connectivity index (χ0n) is 10.8. The van der Waals surface area contributed by atoms with Crippen LogP contribution in [0.1, 0.15) is 18.7 Å². The Balaban J connectivity index is 2.40. The van der Waals surface area contributed by atoms with Gasteiger partial charge >= 0.3 is 0 Å². The summed E-state index contributed by atoms with van der Waals surface area (Å²) in [7, 11) is 0. The van der Waals surface area contributed by atoms with Gasteiger partial charge in [0, 0.05) is 11.6 Å². The standard InChI is InChI=1S/C15H13ClFN3/c1-9(18)14-15(10-4-2-5-11(17)8-10)20-12(16)6-3-7-13(20)19-14/h2-9H,18H2,1H3. The molecule has 1 unspecified atom stereocenters. The van der Waals surface area contributed by atoms with Crippen LogP contribution >= 0.6 is 11.6 Å². The maximum absolute atomic E-state index is 13.5. The van der Waals surface area contributed by atoms with Gasteiger partial charge in [-0.1, -0.05) is 29.8 Å². The van der Waals surface area contributed by atoms with Gasteiger partial charge in [0.1, 0.15) is 16.6 Å². The summed E-state index contributed by atoms with van der Waals surface area (Å²) in [6, 6.07) is 11.5. The summed E-state index contributed by atoms with van der Waals surface area (Å²) in [4.78, 5) is 4.51. The van der Waals surface area contributed by atoms with Crippen molar-refractivity contribution in [2.45, 2.75) is 13.0 Å². The van der Waals surface area contributed by atoms with E-state index in [1.54, 1.807) is 16.5 Å². The Morgan fingerprint density at radius 2 is 2.00 bits per heavy atom. The lowest BCUT2D eigenvalue weighted by Gasteiger charge is -2.09. The Hall–Kier alpha value is -1.91. The molecule has 0 bridgehead atoms. The van der Waals surface area contributed by atoms with Crippen molar-refractivity contribution in [3.63, 3.8) is 0 Å². The number of imidazole rings is 1. The first kappa shape index (κ1) is 13.1. The summed E-state index contributed by atoms with van der Waals surface area (Å²) in [6.45, 7) is 1.85. The molecule has 1 aromatic carbocycles. The normalized spacial score (nSPS) is 12.8. The number of hydrogen-bond acceptors (Lipinski definition) is 2. The Kier molecular flexibility index (Phi) is 3.20. The van der Waals surface area contributed by atoms with Crippen LogP contribution in [0.4, 0.5) is 4.39 Å². The molecule has 20 heavy (non-hydrogen) atoms. The van der Waals surface area contributed by atoms with E-state index in [1.807, 2.05) is 25.1 Å². The molecule has 0 fully saturated rings. The minimum atomic E-state index is -0.305. The molecule has 0 spiro atoms. The van der Waals surface area contributed by atoms with E-state index in [2.05, 4.69) is 4.98 Å². The van der Waals surface area contributed by atoms with Gasteiger partial charge in [0.2, 0.25) is 0 Å². The van der Waals surface area contributed by atoms with Gasteiger partial charge in [0.15, 0.2) is 0 Å². The molecule has 0 saturated carbocycles. The molecule has 1 atom stereocenters. The highest BCUT2D eigenvalue weighted by molar-refractivity contribution is 6.30. The monoisotopic (exact) mass is 289 g/mol. The molecule has 0 aliphatic rings. The lowest BCUT2D eigenvalue weighted by molar-refractivity contribution is 0.628. The molecule has 2 N–H and O–H groups in total. The fourth-order valence-corrected chi connectivity index (χ4v) is 2.55. The molecule has 0 saturated heterocycles. The molecule has 2 aromatic heterocycles. The quantitative estimate of drug-likeness (QED) is 0.729. The predicted octanol–water partition coefficient (Wildman–Crippen LogP) is 3.81. The zero-order chi connectivity index (χ0) is 14.3. The molecule has 0 aliphatic heterocycles. The number of aromatic nitrogens is 2. The fourth-order valence-electron chi connectivity index (χ4n) is 2.30. The Morgan fingerprint density at radius 1 is 1.25 bits per heavy atom. The van der Waals surface area contributed by atoms with E-state index in [-0.39, 0.29) is 11.9 Å². The molecular formula is C15H13ClFN3. The highest BCUT2D eigenvalue weighted by atomic mass is 35.5. The van der Waals surface area contributed by atoms with Gasteiger partial charge in [-0.05, 0) is 31.2 Å². The Morgan fingerprint density at radius 3 is 2.70 bits per heavy atom. The highest BCUT2D eigenvalue weighted by Crippen LogP contribution is 2.31. The maximum atomic E-state index is 13.5. The Bertz CT molecular complexity index is 780. The third kappa shape index (κ3) is 2.07. The SMILES string of the molecule is CC(N)c1nc2cccc(Cl)n2c1-c1cccc(F)c1. The molecule has 2 heterocycles. The molecule has 0 aliphatic carbocycles. The second kappa shape index (κ2) is 4.89. The predicted molar refractivity (Wildman–Crippen MR) is 78.2 cm³/mol. The van der Waals surface area contributed by atoms with Crippen molar-refractivity contribution in [1.82, 2.24) is 9.38 Å². The van der Waals surface area contributed by atoms with Crippen LogP contribution in [-0.4, -0.2) is 9.38 Å². The summed E-state index contributed by atoms with van der Waals surface area (Å²) in [5.74, 6) is -0.305. The van der Waals surface area contributed by atoms with Gasteiger partial charge in [0.25, 0.3) is 0 Å². The number of pyridine rings is 1. The average molecular weight is 290 g/mol. The molecule has 102 valence electrons. The van der Waals surface area contributed by atoms with E-state index in [0.29, 0.717) is 22.1 Å². The number of benzene rings is 1. The molecule has 5 heteroatoms. The second-order valence-corrected chi connectivity index (χ2v) is 5.07. The maximum Gasteiger partial charge on any atom is 0.138 e. The van der Waals surface area contributed by atoms with Crippen molar-refractivity contribution < 1.29 is 4.39 Å². The number of halogens is 2. The van der Waals surface area contributed by atoms with Gasteiger partial charge in [-0.15, -0.1) is 0 Å². The molecule has 0 amide bonds. The van der Waals surface area contributed by atoms with Crippen LogP contribution in [-0.2, 0) is 0 Å². The van der Waals surface area contributed by atoms with Crippen molar-refractivity contribution in [3.8, 4) is 11.3 Å². The summed E-state index contributed by atoms with van der Waals surface area (Å²) in [5.41, 5.74) is 8.83.